The van der Waals surface area contributed by atoms with Gasteiger partial charge in [0.15, 0.2) is 5.78 Å². The van der Waals surface area contributed by atoms with Gasteiger partial charge in [0, 0.05) is 12.0 Å². The first-order valence-electron chi connectivity index (χ1n) is 7.29. The van der Waals surface area contributed by atoms with Crippen LogP contribution in [0.15, 0.2) is 18.3 Å². The van der Waals surface area contributed by atoms with E-state index in [9.17, 15) is 14.0 Å². The van der Waals surface area contributed by atoms with Crippen LogP contribution in [0, 0.1) is 11.7 Å². The molecule has 0 bridgehead atoms. The van der Waals surface area contributed by atoms with Gasteiger partial charge in [0.2, 0.25) is 0 Å². The van der Waals surface area contributed by atoms with Crippen molar-refractivity contribution in [3.05, 3.63) is 29.8 Å². The van der Waals surface area contributed by atoms with Gasteiger partial charge in [-0.1, -0.05) is 13.8 Å². The van der Waals surface area contributed by atoms with Gasteiger partial charge in [-0.05, 0) is 39.3 Å². The Morgan fingerprint density at radius 1 is 1.36 bits per heavy atom. The molecule has 1 heterocycles. The number of halogens is 1. The number of ether oxygens (including phenoxy) is 1. The fourth-order valence-corrected chi connectivity index (χ4v) is 1.98. The van der Waals surface area contributed by atoms with Gasteiger partial charge < -0.3 is 10.1 Å². The van der Waals surface area contributed by atoms with E-state index in [4.69, 9.17) is 4.74 Å². The van der Waals surface area contributed by atoms with Crippen LogP contribution in [0.5, 0.6) is 0 Å². The number of ketones is 1. The number of aromatic nitrogens is 1. The summed E-state index contributed by atoms with van der Waals surface area (Å²) in [4.78, 5) is 28.0. The molecule has 1 rings (SSSR count). The van der Waals surface area contributed by atoms with Gasteiger partial charge in [-0.15, -0.1) is 0 Å². The van der Waals surface area contributed by atoms with Gasteiger partial charge in [-0.2, -0.15) is 0 Å². The van der Waals surface area contributed by atoms with E-state index in [2.05, 4.69) is 10.3 Å². The van der Waals surface area contributed by atoms with Crippen molar-refractivity contribution >= 4 is 11.9 Å². The van der Waals surface area contributed by atoms with E-state index >= 15 is 0 Å². The maximum absolute atomic E-state index is 12.9. The van der Waals surface area contributed by atoms with Gasteiger partial charge in [0.1, 0.15) is 17.1 Å². The minimum atomic E-state index is -0.603. The largest absolute Gasteiger partial charge is 0.444 e. The van der Waals surface area contributed by atoms with Gasteiger partial charge >= 0.3 is 6.09 Å². The molecule has 0 fully saturated rings. The summed E-state index contributed by atoms with van der Waals surface area (Å²) >= 11 is 0. The van der Waals surface area contributed by atoms with Crippen LogP contribution in [0.1, 0.15) is 51.5 Å². The second kappa shape index (κ2) is 7.33. The monoisotopic (exact) mass is 310 g/mol. The third-order valence-corrected chi connectivity index (χ3v) is 3.14. The topological polar surface area (TPSA) is 68.3 Å². The van der Waals surface area contributed by atoms with Gasteiger partial charge in [-0.3, -0.25) is 9.78 Å². The summed E-state index contributed by atoms with van der Waals surface area (Å²) in [5, 5.41) is 2.70. The van der Waals surface area contributed by atoms with Crippen molar-refractivity contribution in [3.63, 3.8) is 0 Å². The molecule has 2 atom stereocenters. The Hall–Kier alpha value is -1.98. The van der Waals surface area contributed by atoms with Crippen molar-refractivity contribution < 1.29 is 18.7 Å². The molecule has 0 aromatic carbocycles. The minimum absolute atomic E-state index is 0.179. The third kappa shape index (κ3) is 5.42. The zero-order valence-electron chi connectivity index (χ0n) is 13.6. The Morgan fingerprint density at radius 2 is 2.00 bits per heavy atom. The second-order valence-corrected chi connectivity index (χ2v) is 6.18. The number of nitrogens with one attached hydrogen (secondary N) is 1. The molecule has 1 aromatic rings. The molecule has 0 aliphatic heterocycles. The highest BCUT2D eigenvalue weighted by molar-refractivity contribution is 5.96. The molecule has 22 heavy (non-hydrogen) atoms. The number of amides is 1. The van der Waals surface area contributed by atoms with Crippen LogP contribution >= 0.6 is 0 Å². The molecule has 1 N–H and O–H groups in total. The predicted molar refractivity (Wildman–Crippen MR) is 81.1 cm³/mol. The second-order valence-electron chi connectivity index (χ2n) is 6.18. The molecule has 0 aliphatic carbocycles. The third-order valence-electron chi connectivity index (χ3n) is 3.14. The normalized spacial score (nSPS) is 14.1. The molecule has 0 saturated carbocycles. The summed E-state index contributed by atoms with van der Waals surface area (Å²) in [6.45, 7) is 8.88. The number of pyridine rings is 1. The number of rotatable bonds is 5. The summed E-state index contributed by atoms with van der Waals surface area (Å²) < 4.78 is 18.1. The van der Waals surface area contributed by atoms with Crippen molar-refractivity contribution in [3.8, 4) is 0 Å². The molecule has 122 valence electrons. The van der Waals surface area contributed by atoms with Crippen LogP contribution in [0.4, 0.5) is 9.18 Å². The lowest BCUT2D eigenvalue weighted by atomic mass is 9.93. The Bertz CT molecular complexity index is 523. The predicted octanol–water partition coefficient (Wildman–Crippen LogP) is 3.34. The zero-order chi connectivity index (χ0) is 16.9. The Labute approximate surface area is 130 Å². The standard InChI is InChI=1S/C16H23FN2O3/c1-6-12(19-15(21)22-16(3,4)5)10(2)14(20)13-8-7-11(17)9-18-13/h7-10,12H,6H2,1-5H3,(H,19,21). The number of nitrogens with zero attached hydrogens (tertiary/aromatic N) is 1. The molecular formula is C16H23FN2O3. The average molecular weight is 310 g/mol. The van der Waals surface area contributed by atoms with E-state index in [1.807, 2.05) is 6.92 Å². The summed E-state index contributed by atoms with van der Waals surface area (Å²) in [5.74, 6) is -1.23. The molecule has 6 heteroatoms. The lowest BCUT2D eigenvalue weighted by Crippen LogP contribution is -2.44. The molecule has 0 saturated heterocycles. The lowest BCUT2D eigenvalue weighted by Gasteiger charge is -2.25. The van der Waals surface area contributed by atoms with Gasteiger partial charge in [0.25, 0.3) is 0 Å². The first-order valence-corrected chi connectivity index (χ1v) is 7.29. The lowest BCUT2D eigenvalue weighted by molar-refractivity contribution is 0.0484. The molecule has 0 radical (unpaired) electrons. The number of hydrogen-bond acceptors (Lipinski definition) is 4. The molecule has 0 spiro atoms. The van der Waals surface area contributed by atoms with E-state index in [1.54, 1.807) is 27.7 Å². The summed E-state index contributed by atoms with van der Waals surface area (Å²) in [6, 6.07) is 2.15. The highest BCUT2D eigenvalue weighted by Gasteiger charge is 2.27. The molecule has 2 unspecified atom stereocenters. The van der Waals surface area contributed by atoms with E-state index in [-0.39, 0.29) is 17.5 Å². The van der Waals surface area contributed by atoms with E-state index in [0.717, 1.165) is 6.20 Å². The maximum Gasteiger partial charge on any atom is 0.407 e. The number of carbonyl (C=O) groups excluding carboxylic acids is 2. The van der Waals surface area contributed by atoms with Crippen molar-refractivity contribution in [1.29, 1.82) is 0 Å². The van der Waals surface area contributed by atoms with Crippen LogP contribution in [-0.2, 0) is 4.74 Å². The van der Waals surface area contributed by atoms with Crippen molar-refractivity contribution in [2.24, 2.45) is 5.92 Å². The van der Waals surface area contributed by atoms with Crippen LogP contribution in [-0.4, -0.2) is 28.5 Å². The highest BCUT2D eigenvalue weighted by atomic mass is 19.1. The summed E-state index contributed by atoms with van der Waals surface area (Å²) in [7, 11) is 0. The average Bonchev–Trinajstić information content (AvgIpc) is 2.42. The minimum Gasteiger partial charge on any atom is -0.444 e. The molecule has 0 aliphatic rings. The smallest absolute Gasteiger partial charge is 0.407 e. The van der Waals surface area contributed by atoms with Crippen LogP contribution < -0.4 is 5.32 Å². The van der Waals surface area contributed by atoms with E-state index in [0.29, 0.717) is 6.42 Å². The Kier molecular flexibility index (Phi) is 6.02. The Balaban J connectivity index is 2.75. The first-order chi connectivity index (χ1) is 10.1. The van der Waals surface area contributed by atoms with Crippen LogP contribution in [0.3, 0.4) is 0 Å². The van der Waals surface area contributed by atoms with Crippen molar-refractivity contribution in [2.75, 3.05) is 0 Å². The fraction of sp³-hybridized carbons (Fsp3) is 0.562. The summed E-state index contributed by atoms with van der Waals surface area (Å²) in [6.07, 6.45) is 1.00. The molecule has 5 nitrogen and oxygen atoms in total. The van der Waals surface area contributed by atoms with Crippen LogP contribution in [0.25, 0.3) is 0 Å². The maximum atomic E-state index is 12.9. The molecule has 1 amide bonds. The first kappa shape index (κ1) is 18.1. The number of alkyl carbamates (subject to hydrolysis) is 1. The number of carbonyl (C=O) groups is 2. The van der Waals surface area contributed by atoms with Crippen molar-refractivity contribution in [1.82, 2.24) is 10.3 Å². The number of Topliss-reactive ketones (excluding diaryl/α,β-unsaturated/α-hetero) is 1. The van der Waals surface area contributed by atoms with Crippen LogP contribution in [0.2, 0.25) is 0 Å². The van der Waals surface area contributed by atoms with E-state index in [1.165, 1.54) is 12.1 Å². The van der Waals surface area contributed by atoms with E-state index < -0.39 is 23.4 Å². The molecule has 1 aromatic heterocycles. The fourth-order valence-electron chi connectivity index (χ4n) is 1.98. The van der Waals surface area contributed by atoms with Gasteiger partial charge in [0.05, 0.1) is 6.20 Å². The summed E-state index contributed by atoms with van der Waals surface area (Å²) in [5.41, 5.74) is -0.424. The quantitative estimate of drug-likeness (QED) is 0.847. The zero-order valence-corrected chi connectivity index (χ0v) is 13.6. The molecular weight excluding hydrogens is 287 g/mol. The van der Waals surface area contributed by atoms with Crippen molar-refractivity contribution in [2.45, 2.75) is 52.7 Å². The number of hydrogen-bond donors (Lipinski definition) is 1. The Morgan fingerprint density at radius 3 is 2.45 bits per heavy atom. The highest BCUT2D eigenvalue weighted by Crippen LogP contribution is 2.15. The SMILES string of the molecule is CCC(NC(=O)OC(C)(C)C)C(C)C(=O)c1ccc(F)cn1. The van der Waals surface area contributed by atoms with Gasteiger partial charge in [-0.25, -0.2) is 9.18 Å².